The second-order valence-electron chi connectivity index (χ2n) is 6.58. The highest BCUT2D eigenvalue weighted by Crippen LogP contribution is 2.26. The van der Waals surface area contributed by atoms with Crippen LogP contribution in [0.25, 0.3) is 0 Å². The summed E-state index contributed by atoms with van der Waals surface area (Å²) in [7, 11) is 0. The van der Waals surface area contributed by atoms with Crippen LogP contribution in [0.1, 0.15) is 15.9 Å². The number of carbonyl (C=O) groups is 2. The van der Waals surface area contributed by atoms with Crippen LogP contribution < -0.4 is 10.1 Å². The molecule has 2 aromatic heterocycles. The Bertz CT molecular complexity index is 1200. The number of pyridine rings is 1. The van der Waals surface area contributed by atoms with Crippen LogP contribution in [-0.2, 0) is 22.7 Å². The molecule has 0 saturated carbocycles. The molecule has 0 saturated heterocycles. The minimum Gasteiger partial charge on any atom is -0.457 e. The van der Waals surface area contributed by atoms with Crippen molar-refractivity contribution in [3.8, 4) is 11.5 Å². The van der Waals surface area contributed by atoms with Gasteiger partial charge < -0.3 is 14.8 Å². The van der Waals surface area contributed by atoms with Crippen LogP contribution in [0.2, 0.25) is 0 Å². The summed E-state index contributed by atoms with van der Waals surface area (Å²) < 4.78 is 12.6. The number of nitrogens with one attached hydrogen (secondary N) is 1. The summed E-state index contributed by atoms with van der Waals surface area (Å²) >= 11 is 0. The number of hydrogen-bond acceptors (Lipinski definition) is 8. The predicted octanol–water partition coefficient (Wildman–Crippen LogP) is 2.86. The lowest BCUT2D eigenvalue weighted by atomic mass is 10.1. The molecule has 10 nitrogen and oxygen atoms in total. The highest BCUT2D eigenvalue weighted by Gasteiger charge is 2.16. The molecule has 2 heterocycles. The molecule has 2 aromatic carbocycles. The Kier molecular flexibility index (Phi) is 6.42. The van der Waals surface area contributed by atoms with Crippen molar-refractivity contribution in [3.05, 3.63) is 90.5 Å². The molecule has 0 aliphatic carbocycles. The SMILES string of the molecule is O=C(Cn1cnnn1)Nc1ccccc1C(=O)OCc1ccccc1Oc1cccnc1. The van der Waals surface area contributed by atoms with E-state index >= 15 is 0 Å². The van der Waals surface area contributed by atoms with Crippen molar-refractivity contribution in [2.45, 2.75) is 13.2 Å². The molecule has 0 bridgehead atoms. The van der Waals surface area contributed by atoms with E-state index in [2.05, 4.69) is 25.8 Å². The van der Waals surface area contributed by atoms with Gasteiger partial charge in [0.1, 0.15) is 31.0 Å². The summed E-state index contributed by atoms with van der Waals surface area (Å²) in [6.45, 7) is -0.0996. The van der Waals surface area contributed by atoms with Gasteiger partial charge in [0.05, 0.1) is 17.4 Å². The van der Waals surface area contributed by atoms with Gasteiger partial charge in [0.25, 0.3) is 0 Å². The monoisotopic (exact) mass is 430 g/mol. The molecule has 160 valence electrons. The lowest BCUT2D eigenvalue weighted by Crippen LogP contribution is -2.21. The van der Waals surface area contributed by atoms with Gasteiger partial charge in [0, 0.05) is 11.8 Å². The number of carbonyl (C=O) groups excluding carboxylic acids is 2. The molecule has 0 radical (unpaired) electrons. The number of para-hydroxylation sites is 2. The molecule has 0 spiro atoms. The highest BCUT2D eigenvalue weighted by atomic mass is 16.5. The number of aromatic nitrogens is 5. The molecule has 0 fully saturated rings. The summed E-state index contributed by atoms with van der Waals surface area (Å²) in [4.78, 5) is 29.0. The van der Waals surface area contributed by atoms with E-state index in [-0.39, 0.29) is 24.6 Å². The number of esters is 1. The number of rotatable bonds is 8. The first kappa shape index (κ1) is 20.7. The summed E-state index contributed by atoms with van der Waals surface area (Å²) in [5.41, 5.74) is 1.24. The summed E-state index contributed by atoms with van der Waals surface area (Å²) in [6.07, 6.45) is 4.57. The quantitative estimate of drug-likeness (QED) is 0.424. The molecule has 1 amide bonds. The van der Waals surface area contributed by atoms with Crippen molar-refractivity contribution in [1.29, 1.82) is 0 Å². The molecule has 4 aromatic rings. The Morgan fingerprint density at radius 2 is 1.84 bits per heavy atom. The number of hydrogen-bond donors (Lipinski definition) is 1. The Morgan fingerprint density at radius 1 is 1.00 bits per heavy atom. The maximum atomic E-state index is 12.7. The van der Waals surface area contributed by atoms with Gasteiger partial charge in [0.2, 0.25) is 5.91 Å². The average molecular weight is 430 g/mol. The zero-order valence-electron chi connectivity index (χ0n) is 16.8. The van der Waals surface area contributed by atoms with E-state index in [9.17, 15) is 9.59 Å². The number of benzene rings is 2. The van der Waals surface area contributed by atoms with Crippen LogP contribution in [0.3, 0.4) is 0 Å². The maximum absolute atomic E-state index is 12.7. The zero-order valence-corrected chi connectivity index (χ0v) is 16.8. The van der Waals surface area contributed by atoms with Crippen LogP contribution in [0.5, 0.6) is 11.5 Å². The van der Waals surface area contributed by atoms with Gasteiger partial charge in [0.15, 0.2) is 0 Å². The van der Waals surface area contributed by atoms with E-state index in [0.717, 1.165) is 0 Å². The van der Waals surface area contributed by atoms with E-state index in [1.54, 1.807) is 60.9 Å². The third-order valence-corrected chi connectivity index (χ3v) is 4.31. The molecule has 0 atom stereocenters. The van der Waals surface area contributed by atoms with E-state index in [1.807, 2.05) is 12.1 Å². The van der Waals surface area contributed by atoms with Gasteiger partial charge in [-0.2, -0.15) is 0 Å². The normalized spacial score (nSPS) is 10.4. The first-order chi connectivity index (χ1) is 15.7. The first-order valence-corrected chi connectivity index (χ1v) is 9.61. The molecule has 4 rings (SSSR count). The van der Waals surface area contributed by atoms with Crippen molar-refractivity contribution < 1.29 is 19.1 Å². The Balaban J connectivity index is 1.42. The van der Waals surface area contributed by atoms with E-state index in [4.69, 9.17) is 9.47 Å². The van der Waals surface area contributed by atoms with Crippen LogP contribution in [0, 0.1) is 0 Å². The third-order valence-electron chi connectivity index (χ3n) is 4.31. The van der Waals surface area contributed by atoms with Crippen LogP contribution in [0.4, 0.5) is 5.69 Å². The van der Waals surface area contributed by atoms with Gasteiger partial charge >= 0.3 is 5.97 Å². The van der Waals surface area contributed by atoms with Crippen molar-refractivity contribution in [2.75, 3.05) is 5.32 Å². The van der Waals surface area contributed by atoms with Gasteiger partial charge in [-0.25, -0.2) is 9.48 Å². The average Bonchev–Trinajstić information content (AvgIpc) is 3.32. The van der Waals surface area contributed by atoms with Gasteiger partial charge in [-0.05, 0) is 40.8 Å². The predicted molar refractivity (Wildman–Crippen MR) is 113 cm³/mol. The van der Waals surface area contributed by atoms with Crippen molar-refractivity contribution in [3.63, 3.8) is 0 Å². The standard InChI is InChI=1S/C22H18N6O4/c29-21(13-28-15-24-26-27-28)25-19-9-3-2-8-18(19)22(30)31-14-16-6-1-4-10-20(16)32-17-7-5-11-23-12-17/h1-12,15H,13-14H2,(H,25,29). The molecular weight excluding hydrogens is 412 g/mol. The second kappa shape index (κ2) is 9.94. The number of ether oxygens (including phenoxy) is 2. The molecular formula is C22H18N6O4. The summed E-state index contributed by atoms with van der Waals surface area (Å²) in [5, 5.41) is 13.3. The van der Waals surface area contributed by atoms with Crippen molar-refractivity contribution in [1.82, 2.24) is 25.2 Å². The van der Waals surface area contributed by atoms with E-state index in [0.29, 0.717) is 22.7 Å². The minimum absolute atomic E-state index is 0.0117. The number of tetrazole rings is 1. The first-order valence-electron chi connectivity index (χ1n) is 9.61. The zero-order chi connectivity index (χ0) is 22.2. The summed E-state index contributed by atoms with van der Waals surface area (Å²) in [6, 6.07) is 17.4. The highest BCUT2D eigenvalue weighted by molar-refractivity contribution is 6.01. The largest absolute Gasteiger partial charge is 0.457 e. The summed E-state index contributed by atoms with van der Waals surface area (Å²) in [5.74, 6) is 0.158. The van der Waals surface area contributed by atoms with Crippen LogP contribution in [0.15, 0.2) is 79.4 Å². The van der Waals surface area contributed by atoms with Crippen LogP contribution >= 0.6 is 0 Å². The molecule has 32 heavy (non-hydrogen) atoms. The molecule has 0 aliphatic rings. The molecule has 0 aliphatic heterocycles. The lowest BCUT2D eigenvalue weighted by molar-refractivity contribution is -0.116. The fourth-order valence-electron chi connectivity index (χ4n) is 2.84. The fourth-order valence-corrected chi connectivity index (χ4v) is 2.84. The topological polar surface area (TPSA) is 121 Å². The lowest BCUT2D eigenvalue weighted by Gasteiger charge is -2.13. The van der Waals surface area contributed by atoms with E-state index in [1.165, 1.54) is 11.0 Å². The fraction of sp³-hybridized carbons (Fsp3) is 0.0909. The molecule has 10 heteroatoms. The van der Waals surface area contributed by atoms with Gasteiger partial charge in [-0.1, -0.05) is 30.3 Å². The maximum Gasteiger partial charge on any atom is 0.340 e. The number of anilines is 1. The Labute approximate surface area is 182 Å². The molecule has 0 unspecified atom stereocenters. The number of nitrogens with zero attached hydrogens (tertiary/aromatic N) is 5. The van der Waals surface area contributed by atoms with Crippen molar-refractivity contribution in [2.24, 2.45) is 0 Å². The van der Waals surface area contributed by atoms with Gasteiger partial charge in [-0.3, -0.25) is 9.78 Å². The molecule has 1 N–H and O–H groups in total. The minimum atomic E-state index is -0.584. The van der Waals surface area contributed by atoms with Gasteiger partial charge in [-0.15, -0.1) is 5.10 Å². The third kappa shape index (κ3) is 5.30. The smallest absolute Gasteiger partial charge is 0.340 e. The Hall–Kier alpha value is -4.60. The van der Waals surface area contributed by atoms with E-state index < -0.39 is 5.97 Å². The second-order valence-corrected chi connectivity index (χ2v) is 6.58. The Morgan fingerprint density at radius 3 is 2.66 bits per heavy atom. The van der Waals surface area contributed by atoms with Crippen LogP contribution in [-0.4, -0.2) is 37.1 Å². The van der Waals surface area contributed by atoms with Crippen molar-refractivity contribution >= 4 is 17.6 Å². The number of amides is 1.